The first kappa shape index (κ1) is 23.0. The molecule has 32 heavy (non-hydrogen) atoms. The molecule has 3 aromatic rings. The Morgan fingerprint density at radius 3 is 2.59 bits per heavy atom. The van der Waals surface area contributed by atoms with Gasteiger partial charge in [0.1, 0.15) is 5.75 Å². The van der Waals surface area contributed by atoms with Crippen LogP contribution >= 0.6 is 0 Å². The third-order valence-electron chi connectivity index (χ3n) is 5.39. The molecule has 1 aromatic heterocycles. The largest absolute Gasteiger partial charge is 0.494 e. The van der Waals surface area contributed by atoms with Crippen molar-refractivity contribution < 1.29 is 19.4 Å². The fourth-order valence-electron chi connectivity index (χ4n) is 3.76. The zero-order valence-electron chi connectivity index (χ0n) is 18.0. The van der Waals surface area contributed by atoms with E-state index < -0.39 is 0 Å². The van der Waals surface area contributed by atoms with Gasteiger partial charge in [0.15, 0.2) is 0 Å². The molecule has 2 N–H and O–H groups in total. The van der Waals surface area contributed by atoms with Crippen molar-refractivity contribution in [2.75, 3.05) is 26.7 Å². The number of nitrogens with zero attached hydrogens (tertiary/aromatic N) is 2. The second-order valence-corrected chi connectivity index (χ2v) is 7.31. The number of ether oxygens (including phenoxy) is 1. The van der Waals surface area contributed by atoms with Crippen molar-refractivity contribution in [1.29, 1.82) is 0 Å². The lowest BCUT2D eigenvalue weighted by atomic mass is 10.00. The number of methoxy groups -OCH3 is 1. The number of aromatic nitrogens is 1. The van der Waals surface area contributed by atoms with Gasteiger partial charge in [0, 0.05) is 43.5 Å². The van der Waals surface area contributed by atoms with E-state index >= 15 is 0 Å². The molecule has 7 nitrogen and oxygen atoms in total. The van der Waals surface area contributed by atoms with Gasteiger partial charge < -0.3 is 15.2 Å². The van der Waals surface area contributed by atoms with Gasteiger partial charge in [-0.15, -0.1) is 0 Å². The Hall–Kier alpha value is -3.71. The van der Waals surface area contributed by atoms with Crippen LogP contribution in [0.25, 0.3) is 11.1 Å². The van der Waals surface area contributed by atoms with Crippen LogP contribution in [0.5, 0.6) is 5.75 Å². The predicted molar refractivity (Wildman–Crippen MR) is 123 cm³/mol. The first-order chi connectivity index (χ1) is 15.7. The smallest absolute Gasteiger partial charge is 0.290 e. The van der Waals surface area contributed by atoms with Crippen LogP contribution in [-0.2, 0) is 17.8 Å². The number of rotatable bonds is 6. The van der Waals surface area contributed by atoms with Crippen LogP contribution < -0.4 is 10.1 Å². The average molecular weight is 434 g/mol. The van der Waals surface area contributed by atoms with E-state index in [1.165, 1.54) is 11.1 Å². The van der Waals surface area contributed by atoms with Crippen LogP contribution in [0.3, 0.4) is 0 Å². The van der Waals surface area contributed by atoms with Gasteiger partial charge in [0.2, 0.25) is 0 Å². The normalized spacial score (nSPS) is 12.7. The Kier molecular flexibility index (Phi) is 8.34. The Balaban J connectivity index is 0.000000913. The molecule has 166 valence electrons. The van der Waals surface area contributed by atoms with Gasteiger partial charge in [-0.2, -0.15) is 0 Å². The molecule has 7 heteroatoms. The molecule has 0 saturated heterocycles. The monoisotopic (exact) mass is 433 g/mol. The molecule has 0 aliphatic carbocycles. The molecular formula is C25H27N3O4. The molecule has 0 bridgehead atoms. The number of nitrogens with one attached hydrogen (secondary N) is 1. The van der Waals surface area contributed by atoms with Gasteiger partial charge in [-0.25, -0.2) is 0 Å². The number of pyridine rings is 1. The fraction of sp³-hybridized carbons (Fsp3) is 0.240. The molecule has 0 saturated carbocycles. The van der Waals surface area contributed by atoms with E-state index in [2.05, 4.69) is 39.5 Å². The molecule has 0 atom stereocenters. The Labute approximate surface area is 187 Å². The predicted octanol–water partition coefficient (Wildman–Crippen LogP) is 3.25. The van der Waals surface area contributed by atoms with Crippen LogP contribution in [0.2, 0.25) is 0 Å². The number of carbonyl (C=O) groups excluding carboxylic acids is 1. The summed E-state index contributed by atoms with van der Waals surface area (Å²) in [6.07, 6.45) is 4.50. The topological polar surface area (TPSA) is 91.8 Å². The van der Waals surface area contributed by atoms with Crippen molar-refractivity contribution in [3.8, 4) is 16.9 Å². The highest BCUT2D eigenvalue weighted by Gasteiger charge is 2.15. The Morgan fingerprint density at radius 2 is 1.88 bits per heavy atom. The number of fused-ring (bicyclic) bond motifs is 1. The number of hydrogen-bond donors (Lipinski definition) is 2. The first-order valence-corrected chi connectivity index (χ1v) is 10.4. The van der Waals surface area contributed by atoms with Crippen LogP contribution in [0.4, 0.5) is 0 Å². The van der Waals surface area contributed by atoms with Crippen molar-refractivity contribution in [3.63, 3.8) is 0 Å². The third-order valence-corrected chi connectivity index (χ3v) is 5.39. The molecule has 1 amide bonds. The maximum absolute atomic E-state index is 12.5. The zero-order chi connectivity index (χ0) is 22.8. The Morgan fingerprint density at radius 1 is 1.16 bits per heavy atom. The van der Waals surface area contributed by atoms with Gasteiger partial charge in [0.25, 0.3) is 12.4 Å². The lowest BCUT2D eigenvalue weighted by Gasteiger charge is -2.28. The van der Waals surface area contributed by atoms with E-state index in [-0.39, 0.29) is 12.4 Å². The van der Waals surface area contributed by atoms with E-state index in [0.29, 0.717) is 17.9 Å². The van der Waals surface area contributed by atoms with Crippen LogP contribution in [0, 0.1) is 0 Å². The lowest BCUT2D eigenvalue weighted by molar-refractivity contribution is -0.122. The van der Waals surface area contributed by atoms with E-state index in [9.17, 15) is 4.79 Å². The highest BCUT2D eigenvalue weighted by atomic mass is 16.5. The molecule has 0 unspecified atom stereocenters. The maximum Gasteiger partial charge on any atom is 0.290 e. The lowest BCUT2D eigenvalue weighted by Crippen LogP contribution is -2.37. The number of carbonyl (C=O) groups is 2. The highest BCUT2D eigenvalue weighted by molar-refractivity contribution is 5.94. The van der Waals surface area contributed by atoms with Crippen molar-refractivity contribution >= 4 is 12.4 Å². The van der Waals surface area contributed by atoms with Gasteiger partial charge >= 0.3 is 0 Å². The van der Waals surface area contributed by atoms with Crippen molar-refractivity contribution in [1.82, 2.24) is 15.2 Å². The van der Waals surface area contributed by atoms with Crippen LogP contribution in [-0.4, -0.2) is 54.1 Å². The van der Waals surface area contributed by atoms with E-state index in [0.717, 1.165) is 37.2 Å². The highest BCUT2D eigenvalue weighted by Crippen LogP contribution is 2.28. The second kappa shape index (κ2) is 11.6. The van der Waals surface area contributed by atoms with Gasteiger partial charge in [-0.1, -0.05) is 36.4 Å². The van der Waals surface area contributed by atoms with Gasteiger partial charge in [-0.05, 0) is 41.3 Å². The van der Waals surface area contributed by atoms with Crippen molar-refractivity contribution in [3.05, 3.63) is 83.7 Å². The van der Waals surface area contributed by atoms with E-state index in [4.69, 9.17) is 14.6 Å². The molecule has 0 radical (unpaired) electrons. The third kappa shape index (κ3) is 5.92. The minimum absolute atomic E-state index is 0.0457. The molecule has 2 heterocycles. The molecular weight excluding hydrogens is 406 g/mol. The maximum atomic E-state index is 12.5. The number of benzene rings is 2. The summed E-state index contributed by atoms with van der Waals surface area (Å²) >= 11 is 0. The van der Waals surface area contributed by atoms with E-state index in [1.54, 1.807) is 19.5 Å². The van der Waals surface area contributed by atoms with Crippen LogP contribution in [0.15, 0.2) is 67.0 Å². The molecule has 0 fully saturated rings. The first-order valence-electron chi connectivity index (χ1n) is 10.4. The minimum atomic E-state index is -0.250. The summed E-state index contributed by atoms with van der Waals surface area (Å²) in [4.78, 5) is 27.3. The summed E-state index contributed by atoms with van der Waals surface area (Å²) in [5.74, 6) is 0.670. The Bertz CT molecular complexity index is 1040. The van der Waals surface area contributed by atoms with Crippen molar-refractivity contribution in [2.45, 2.75) is 13.0 Å². The standard InChI is InChI=1S/C24H25N3O2.CH2O2/c1-29-23-16-25-12-10-22(23)19-6-8-20(9-7-19)24(28)26-13-15-27-14-11-18-4-2-3-5-21(18)17-27;2-1-3/h2-10,12,16H,11,13-15,17H2,1H3,(H,26,28);1H,(H,2,3). The number of hydrogen-bond acceptors (Lipinski definition) is 5. The summed E-state index contributed by atoms with van der Waals surface area (Å²) in [5.41, 5.74) is 5.45. The minimum Gasteiger partial charge on any atom is -0.494 e. The second-order valence-electron chi connectivity index (χ2n) is 7.31. The van der Waals surface area contributed by atoms with Gasteiger partial charge in [0.05, 0.1) is 13.3 Å². The molecule has 1 aliphatic rings. The van der Waals surface area contributed by atoms with Crippen LogP contribution in [0.1, 0.15) is 21.5 Å². The average Bonchev–Trinajstić information content (AvgIpc) is 2.84. The van der Waals surface area contributed by atoms with Gasteiger partial charge in [-0.3, -0.25) is 19.5 Å². The molecule has 1 aliphatic heterocycles. The summed E-state index contributed by atoms with van der Waals surface area (Å²) in [6.45, 7) is 3.23. The summed E-state index contributed by atoms with van der Waals surface area (Å²) in [7, 11) is 1.63. The molecule has 4 rings (SSSR count). The van der Waals surface area contributed by atoms with E-state index in [1.807, 2.05) is 30.3 Å². The number of carboxylic acid groups (broad SMARTS) is 1. The quantitative estimate of drug-likeness (QED) is 0.580. The molecule has 2 aromatic carbocycles. The number of amides is 1. The zero-order valence-corrected chi connectivity index (χ0v) is 18.0. The summed E-state index contributed by atoms with van der Waals surface area (Å²) in [6, 6.07) is 18.1. The molecule has 0 spiro atoms. The van der Waals surface area contributed by atoms with Crippen molar-refractivity contribution in [2.24, 2.45) is 0 Å². The SMILES string of the molecule is COc1cnccc1-c1ccc(C(=O)NCCN2CCc3ccccc3C2)cc1.O=CO. The summed E-state index contributed by atoms with van der Waals surface area (Å²) < 4.78 is 5.36. The fourth-order valence-corrected chi connectivity index (χ4v) is 3.76. The summed E-state index contributed by atoms with van der Waals surface area (Å²) in [5, 5.41) is 9.93.